The van der Waals surface area contributed by atoms with Crippen LogP contribution < -0.4 is 0 Å². The van der Waals surface area contributed by atoms with Gasteiger partial charge in [0.15, 0.2) is 0 Å². The Labute approximate surface area is 255 Å². The molecule has 0 unspecified atom stereocenters. The van der Waals surface area contributed by atoms with E-state index in [-0.39, 0.29) is 77.7 Å². The summed E-state index contributed by atoms with van der Waals surface area (Å²) in [6.45, 7) is 0.926. The van der Waals surface area contributed by atoms with Crippen molar-refractivity contribution in [3.05, 3.63) is 95.1 Å². The summed E-state index contributed by atoms with van der Waals surface area (Å²) in [7, 11) is 0. The highest BCUT2D eigenvalue weighted by Gasteiger charge is 2.24. The largest absolute Gasteiger partial charge is 0.508 e. The number of hydrogen-bond acceptors (Lipinski definition) is 10. The number of benzene rings is 4. The first-order valence-electron chi connectivity index (χ1n) is 14.3. The summed E-state index contributed by atoms with van der Waals surface area (Å²) in [5.41, 5.74) is 2.61. The lowest BCUT2D eigenvalue weighted by atomic mass is 9.80. The Balaban J connectivity index is 1.52. The van der Waals surface area contributed by atoms with E-state index in [9.17, 15) is 40.9 Å². The zero-order valence-corrected chi connectivity index (χ0v) is 24.1. The maximum absolute atomic E-state index is 10.1. The van der Waals surface area contributed by atoms with Gasteiger partial charge >= 0.3 is 0 Å². The minimum absolute atomic E-state index is 0.0558. The quantitative estimate of drug-likeness (QED) is 0.0798. The zero-order valence-electron chi connectivity index (χ0n) is 24.1. The van der Waals surface area contributed by atoms with Gasteiger partial charge in [0.05, 0.1) is 19.8 Å². The van der Waals surface area contributed by atoms with Crippen LogP contribution in [0.25, 0.3) is 0 Å². The van der Waals surface area contributed by atoms with Gasteiger partial charge in [-0.25, -0.2) is 0 Å². The molecule has 44 heavy (non-hydrogen) atoms. The number of phenolic OH excluding ortho intramolecular Hbond substituents is 8. The van der Waals surface area contributed by atoms with Crippen molar-refractivity contribution in [3.63, 3.8) is 0 Å². The van der Waals surface area contributed by atoms with Gasteiger partial charge in [-0.3, -0.25) is 0 Å². The highest BCUT2D eigenvalue weighted by molar-refractivity contribution is 5.39. The highest BCUT2D eigenvalue weighted by atomic mass is 16.5. The van der Waals surface area contributed by atoms with Crippen LogP contribution in [0.15, 0.2) is 72.8 Å². The van der Waals surface area contributed by atoms with E-state index in [2.05, 4.69) is 0 Å². The SMILES string of the molecule is Oc1cc(O)cc(COCCC[C@@H](Cc2cc(O)cc(O)c2)[C@@H](COCc2cc(O)cc(O)c2)Cc2cc(O)cc(O)c2)c1. The lowest BCUT2D eigenvalue weighted by Gasteiger charge is -2.28. The predicted molar refractivity (Wildman–Crippen MR) is 162 cm³/mol. The Morgan fingerprint density at radius 3 is 1.16 bits per heavy atom. The normalized spacial score (nSPS) is 12.6. The summed E-state index contributed by atoms with van der Waals surface area (Å²) >= 11 is 0. The van der Waals surface area contributed by atoms with E-state index in [0.29, 0.717) is 54.5 Å². The number of ether oxygens (including phenoxy) is 2. The smallest absolute Gasteiger partial charge is 0.119 e. The fourth-order valence-electron chi connectivity index (χ4n) is 5.47. The van der Waals surface area contributed by atoms with Gasteiger partial charge in [-0.2, -0.15) is 0 Å². The molecule has 0 saturated carbocycles. The fourth-order valence-corrected chi connectivity index (χ4v) is 5.47. The maximum atomic E-state index is 10.1. The molecule has 0 heterocycles. The van der Waals surface area contributed by atoms with Crippen LogP contribution in [0.5, 0.6) is 46.0 Å². The number of aromatic hydroxyl groups is 8. The van der Waals surface area contributed by atoms with Gasteiger partial charge in [-0.1, -0.05) is 0 Å². The monoisotopic (exact) mass is 606 g/mol. The molecule has 0 radical (unpaired) electrons. The van der Waals surface area contributed by atoms with Crippen LogP contribution in [0.2, 0.25) is 0 Å². The lowest BCUT2D eigenvalue weighted by Crippen LogP contribution is -2.25. The molecule has 10 heteroatoms. The van der Waals surface area contributed by atoms with Crippen LogP contribution in [0.3, 0.4) is 0 Å². The Hall–Kier alpha value is -4.80. The summed E-state index contributed by atoms with van der Waals surface area (Å²) in [4.78, 5) is 0. The van der Waals surface area contributed by atoms with Crippen molar-refractivity contribution >= 4 is 0 Å². The Morgan fingerprint density at radius 1 is 0.409 bits per heavy atom. The van der Waals surface area contributed by atoms with Gasteiger partial charge in [0.25, 0.3) is 0 Å². The molecule has 0 aromatic heterocycles. The van der Waals surface area contributed by atoms with E-state index < -0.39 is 0 Å². The first-order chi connectivity index (χ1) is 21.0. The molecule has 0 spiro atoms. The molecule has 4 aromatic rings. The van der Waals surface area contributed by atoms with Gasteiger partial charge in [0.1, 0.15) is 46.0 Å². The zero-order chi connectivity index (χ0) is 31.6. The minimum atomic E-state index is -0.172. The molecule has 0 aliphatic carbocycles. The van der Waals surface area contributed by atoms with Crippen molar-refractivity contribution in [2.45, 2.75) is 38.9 Å². The van der Waals surface area contributed by atoms with E-state index >= 15 is 0 Å². The van der Waals surface area contributed by atoms with Crippen LogP contribution in [0.4, 0.5) is 0 Å². The second kappa shape index (κ2) is 15.1. The van der Waals surface area contributed by atoms with Crippen LogP contribution in [-0.4, -0.2) is 54.1 Å². The van der Waals surface area contributed by atoms with Crippen molar-refractivity contribution in [1.29, 1.82) is 0 Å². The molecule has 0 fully saturated rings. The second-order valence-electron chi connectivity index (χ2n) is 11.1. The predicted octanol–water partition coefficient (Wildman–Crippen LogP) is 5.56. The summed E-state index contributed by atoms with van der Waals surface area (Å²) in [6, 6.07) is 17.3. The summed E-state index contributed by atoms with van der Waals surface area (Å²) in [5.74, 6) is -0.806. The van der Waals surface area contributed by atoms with Crippen LogP contribution in [0, 0.1) is 11.8 Å². The van der Waals surface area contributed by atoms with E-state index in [1.807, 2.05) is 0 Å². The Bertz CT molecular complexity index is 1460. The maximum Gasteiger partial charge on any atom is 0.119 e. The number of hydrogen-bond donors (Lipinski definition) is 8. The third-order valence-electron chi connectivity index (χ3n) is 7.24. The molecule has 2 atom stereocenters. The minimum Gasteiger partial charge on any atom is -0.508 e. The van der Waals surface area contributed by atoms with Gasteiger partial charge in [-0.05, 0) is 108 Å². The fraction of sp³-hybridized carbons (Fsp3) is 0.294. The van der Waals surface area contributed by atoms with Crippen molar-refractivity contribution in [1.82, 2.24) is 0 Å². The summed E-state index contributed by atoms with van der Waals surface area (Å²) in [5, 5.41) is 79.6. The first-order valence-corrected chi connectivity index (χ1v) is 14.3. The summed E-state index contributed by atoms with van der Waals surface area (Å²) < 4.78 is 11.9. The van der Waals surface area contributed by atoms with Crippen molar-refractivity contribution < 1.29 is 50.3 Å². The van der Waals surface area contributed by atoms with Crippen molar-refractivity contribution in [3.8, 4) is 46.0 Å². The standard InChI is InChI=1S/C34H38O10/c35-27-6-21(7-28(36)14-27)4-25(2-1-3-43-18-23-10-31(39)16-32(40)11-23)26(5-22-8-29(37)15-30(38)9-22)20-44-19-24-12-33(41)17-34(42)13-24/h6-17,25-26,35-42H,1-5,18-20H2/t25-,26+/m0/s1. The molecule has 8 N–H and O–H groups in total. The molecule has 0 saturated heterocycles. The topological polar surface area (TPSA) is 180 Å². The third-order valence-corrected chi connectivity index (χ3v) is 7.24. The van der Waals surface area contributed by atoms with E-state index in [1.54, 1.807) is 24.3 Å². The second-order valence-corrected chi connectivity index (χ2v) is 11.1. The summed E-state index contributed by atoms with van der Waals surface area (Å²) in [6.07, 6.45) is 2.16. The first kappa shape index (κ1) is 32.1. The molecule has 4 rings (SSSR count). The molecule has 10 nitrogen and oxygen atoms in total. The molecule has 0 aliphatic heterocycles. The van der Waals surface area contributed by atoms with Crippen LogP contribution in [-0.2, 0) is 35.5 Å². The Morgan fingerprint density at radius 2 is 0.750 bits per heavy atom. The molecule has 0 aliphatic rings. The average molecular weight is 607 g/mol. The van der Waals surface area contributed by atoms with Gasteiger partial charge in [0.2, 0.25) is 0 Å². The molecule has 0 amide bonds. The number of phenols is 8. The molecular formula is C34H38O10. The lowest BCUT2D eigenvalue weighted by molar-refractivity contribution is 0.0578. The average Bonchev–Trinajstić information content (AvgIpc) is 2.89. The van der Waals surface area contributed by atoms with Gasteiger partial charge in [0, 0.05) is 30.9 Å². The van der Waals surface area contributed by atoms with Gasteiger partial charge in [-0.15, -0.1) is 0 Å². The van der Waals surface area contributed by atoms with Crippen molar-refractivity contribution in [2.24, 2.45) is 11.8 Å². The molecule has 4 aromatic carbocycles. The van der Waals surface area contributed by atoms with Crippen LogP contribution in [0.1, 0.15) is 35.1 Å². The molecule has 0 bridgehead atoms. The van der Waals surface area contributed by atoms with E-state index in [1.165, 1.54) is 48.5 Å². The van der Waals surface area contributed by atoms with Crippen LogP contribution >= 0.6 is 0 Å². The van der Waals surface area contributed by atoms with Crippen molar-refractivity contribution in [2.75, 3.05) is 13.2 Å². The molecular weight excluding hydrogens is 568 g/mol. The van der Waals surface area contributed by atoms with E-state index in [4.69, 9.17) is 9.47 Å². The number of rotatable bonds is 15. The Kier molecular flexibility index (Phi) is 11.0. The third kappa shape index (κ3) is 10.2. The van der Waals surface area contributed by atoms with Gasteiger partial charge < -0.3 is 50.3 Å². The molecule has 234 valence electrons. The highest BCUT2D eigenvalue weighted by Crippen LogP contribution is 2.32. The van der Waals surface area contributed by atoms with E-state index in [0.717, 1.165) is 0 Å².